The highest BCUT2D eigenvalue weighted by Crippen LogP contribution is 2.27. The van der Waals surface area contributed by atoms with Gasteiger partial charge in [-0.3, -0.25) is 0 Å². The zero-order chi connectivity index (χ0) is 14.8. The zero-order valence-corrected chi connectivity index (χ0v) is 11.7. The molecule has 3 nitrogen and oxygen atoms in total. The lowest BCUT2D eigenvalue weighted by atomic mass is 9.76. The summed E-state index contributed by atoms with van der Waals surface area (Å²) in [4.78, 5) is 2.21. The van der Waals surface area contributed by atoms with Crippen LogP contribution >= 0.6 is 0 Å². The van der Waals surface area contributed by atoms with Crippen molar-refractivity contribution >= 4 is 18.3 Å². The third-order valence-corrected chi connectivity index (χ3v) is 3.95. The molecular formula is C16H17BFNO2. The van der Waals surface area contributed by atoms with Crippen molar-refractivity contribution in [1.29, 1.82) is 0 Å². The van der Waals surface area contributed by atoms with E-state index in [1.807, 2.05) is 12.1 Å². The van der Waals surface area contributed by atoms with E-state index in [-0.39, 0.29) is 5.46 Å². The average molecular weight is 285 g/mol. The van der Waals surface area contributed by atoms with Gasteiger partial charge >= 0.3 is 7.12 Å². The van der Waals surface area contributed by atoms with E-state index in [9.17, 15) is 14.4 Å². The Morgan fingerprint density at radius 3 is 2.76 bits per heavy atom. The Labute approximate surface area is 123 Å². The minimum atomic E-state index is -1.66. The molecule has 0 aliphatic carbocycles. The molecule has 2 aromatic carbocycles. The lowest BCUT2D eigenvalue weighted by Gasteiger charge is -2.32. The molecule has 1 aliphatic rings. The normalized spacial score (nSPS) is 14.0. The summed E-state index contributed by atoms with van der Waals surface area (Å²) in [6.07, 6.45) is 2.13. The van der Waals surface area contributed by atoms with E-state index in [0.29, 0.717) is 6.54 Å². The quantitative estimate of drug-likeness (QED) is 0.839. The van der Waals surface area contributed by atoms with Crippen molar-refractivity contribution < 1.29 is 14.4 Å². The fraction of sp³-hybridized carbons (Fsp3) is 0.250. The molecule has 0 bridgehead atoms. The van der Waals surface area contributed by atoms with Crippen molar-refractivity contribution in [2.75, 3.05) is 11.4 Å². The number of halogens is 1. The van der Waals surface area contributed by atoms with Crippen molar-refractivity contribution in [3.63, 3.8) is 0 Å². The Hall–Kier alpha value is -1.85. The number of fused-ring (bicyclic) bond motifs is 1. The molecule has 2 aromatic rings. The number of hydrogen-bond acceptors (Lipinski definition) is 3. The molecule has 21 heavy (non-hydrogen) atoms. The molecule has 3 rings (SSSR count). The van der Waals surface area contributed by atoms with Crippen molar-refractivity contribution in [2.45, 2.75) is 19.4 Å². The van der Waals surface area contributed by atoms with Gasteiger partial charge in [0.05, 0.1) is 0 Å². The van der Waals surface area contributed by atoms with Crippen LogP contribution in [0.3, 0.4) is 0 Å². The Balaban J connectivity index is 1.92. The maximum Gasteiger partial charge on any atom is 0.488 e. The first kappa shape index (κ1) is 14.1. The Morgan fingerprint density at radius 2 is 1.95 bits per heavy atom. The second-order valence-electron chi connectivity index (χ2n) is 5.37. The summed E-state index contributed by atoms with van der Waals surface area (Å²) >= 11 is 0. The van der Waals surface area contributed by atoms with Crippen LogP contribution in [-0.2, 0) is 13.0 Å². The van der Waals surface area contributed by atoms with E-state index in [0.717, 1.165) is 24.9 Å². The second kappa shape index (κ2) is 5.88. The van der Waals surface area contributed by atoms with Gasteiger partial charge in [-0.15, -0.1) is 0 Å². The number of para-hydroxylation sites is 1. The molecule has 0 saturated heterocycles. The SMILES string of the molecule is OB(O)c1cc(F)ccc1CN1CCCc2ccccc21. The molecule has 0 fully saturated rings. The highest BCUT2D eigenvalue weighted by Gasteiger charge is 2.21. The van der Waals surface area contributed by atoms with E-state index in [2.05, 4.69) is 17.0 Å². The molecular weight excluding hydrogens is 268 g/mol. The van der Waals surface area contributed by atoms with Gasteiger partial charge in [-0.25, -0.2) is 4.39 Å². The van der Waals surface area contributed by atoms with Crippen LogP contribution < -0.4 is 10.4 Å². The maximum atomic E-state index is 13.3. The smallest absolute Gasteiger partial charge is 0.423 e. The van der Waals surface area contributed by atoms with Gasteiger partial charge in [0.25, 0.3) is 0 Å². The summed E-state index contributed by atoms with van der Waals surface area (Å²) in [6, 6.07) is 12.4. The van der Waals surface area contributed by atoms with Gasteiger partial charge < -0.3 is 14.9 Å². The van der Waals surface area contributed by atoms with Gasteiger partial charge in [-0.2, -0.15) is 0 Å². The van der Waals surface area contributed by atoms with Crippen LogP contribution in [0.2, 0.25) is 0 Å². The predicted molar refractivity (Wildman–Crippen MR) is 82.0 cm³/mol. The number of anilines is 1. The van der Waals surface area contributed by atoms with Gasteiger partial charge in [0.2, 0.25) is 0 Å². The molecule has 108 valence electrons. The molecule has 0 amide bonds. The van der Waals surface area contributed by atoms with Crippen LogP contribution in [0, 0.1) is 5.82 Å². The summed E-state index contributed by atoms with van der Waals surface area (Å²) < 4.78 is 13.3. The van der Waals surface area contributed by atoms with Crippen molar-refractivity contribution in [1.82, 2.24) is 0 Å². The molecule has 1 aliphatic heterocycles. The monoisotopic (exact) mass is 285 g/mol. The molecule has 0 spiro atoms. The topological polar surface area (TPSA) is 43.7 Å². The van der Waals surface area contributed by atoms with E-state index in [1.165, 1.54) is 23.4 Å². The first-order valence-corrected chi connectivity index (χ1v) is 7.12. The fourth-order valence-electron chi connectivity index (χ4n) is 2.93. The number of nitrogens with zero attached hydrogens (tertiary/aromatic N) is 1. The lowest BCUT2D eigenvalue weighted by molar-refractivity contribution is 0.425. The second-order valence-corrected chi connectivity index (χ2v) is 5.37. The van der Waals surface area contributed by atoms with Gasteiger partial charge in [0, 0.05) is 18.8 Å². The van der Waals surface area contributed by atoms with Gasteiger partial charge in [-0.05, 0) is 47.6 Å². The van der Waals surface area contributed by atoms with Crippen molar-refractivity contribution in [2.24, 2.45) is 0 Å². The first-order valence-electron chi connectivity index (χ1n) is 7.12. The Bertz CT molecular complexity index is 648. The van der Waals surface area contributed by atoms with E-state index >= 15 is 0 Å². The van der Waals surface area contributed by atoms with Crippen molar-refractivity contribution in [3.8, 4) is 0 Å². The predicted octanol–water partition coefficient (Wildman–Crippen LogP) is 1.46. The summed E-state index contributed by atoms with van der Waals surface area (Å²) in [7, 11) is -1.66. The molecule has 0 saturated carbocycles. The molecule has 0 unspecified atom stereocenters. The van der Waals surface area contributed by atoms with Crippen LogP contribution in [0.15, 0.2) is 42.5 Å². The van der Waals surface area contributed by atoms with E-state index in [4.69, 9.17) is 0 Å². The van der Waals surface area contributed by atoms with Crippen LogP contribution in [0.5, 0.6) is 0 Å². The molecule has 0 aromatic heterocycles. The van der Waals surface area contributed by atoms with Crippen LogP contribution in [0.4, 0.5) is 10.1 Å². The summed E-state index contributed by atoms with van der Waals surface area (Å²) in [5.41, 5.74) is 3.45. The Morgan fingerprint density at radius 1 is 1.14 bits per heavy atom. The summed E-state index contributed by atoms with van der Waals surface area (Å²) in [5.74, 6) is -0.458. The van der Waals surface area contributed by atoms with Crippen molar-refractivity contribution in [3.05, 3.63) is 59.4 Å². The third kappa shape index (κ3) is 2.94. The number of aryl methyl sites for hydroxylation is 1. The zero-order valence-electron chi connectivity index (χ0n) is 11.7. The third-order valence-electron chi connectivity index (χ3n) is 3.95. The van der Waals surface area contributed by atoms with Crippen LogP contribution in [0.25, 0.3) is 0 Å². The first-order chi connectivity index (χ1) is 10.1. The minimum Gasteiger partial charge on any atom is -0.423 e. The molecule has 0 radical (unpaired) electrons. The van der Waals surface area contributed by atoms with Crippen LogP contribution in [-0.4, -0.2) is 23.7 Å². The standard InChI is InChI=1S/C16H17BFNO2/c18-14-8-7-13(15(10-14)17(20)21)11-19-9-3-5-12-4-1-2-6-16(12)19/h1-2,4,6-8,10,20-21H,3,5,9,11H2. The summed E-state index contributed by atoms with van der Waals surface area (Å²) in [5, 5.41) is 18.8. The Kier molecular flexibility index (Phi) is 3.95. The van der Waals surface area contributed by atoms with Gasteiger partial charge in [0.15, 0.2) is 0 Å². The highest BCUT2D eigenvalue weighted by molar-refractivity contribution is 6.59. The number of hydrogen-bond donors (Lipinski definition) is 2. The maximum absolute atomic E-state index is 13.3. The van der Waals surface area contributed by atoms with Gasteiger partial charge in [0.1, 0.15) is 5.82 Å². The number of benzene rings is 2. The van der Waals surface area contributed by atoms with Crippen LogP contribution in [0.1, 0.15) is 17.5 Å². The van der Waals surface area contributed by atoms with E-state index in [1.54, 1.807) is 6.07 Å². The fourth-order valence-corrected chi connectivity index (χ4v) is 2.93. The van der Waals surface area contributed by atoms with E-state index < -0.39 is 12.9 Å². The summed E-state index contributed by atoms with van der Waals surface area (Å²) in [6.45, 7) is 1.46. The lowest BCUT2D eigenvalue weighted by Crippen LogP contribution is -2.37. The molecule has 1 heterocycles. The average Bonchev–Trinajstić information content (AvgIpc) is 2.49. The van der Waals surface area contributed by atoms with Gasteiger partial charge in [-0.1, -0.05) is 24.3 Å². The molecule has 5 heteroatoms. The number of rotatable bonds is 3. The largest absolute Gasteiger partial charge is 0.488 e. The molecule has 2 N–H and O–H groups in total. The molecule has 0 atom stereocenters. The minimum absolute atomic E-state index is 0.234. The highest BCUT2D eigenvalue weighted by atomic mass is 19.1.